The van der Waals surface area contributed by atoms with Crippen molar-refractivity contribution in [2.75, 3.05) is 6.54 Å². The molecule has 1 saturated carbocycles. The van der Waals surface area contributed by atoms with Crippen LogP contribution < -0.4 is 5.32 Å². The van der Waals surface area contributed by atoms with E-state index in [1.165, 1.54) is 12.8 Å². The summed E-state index contributed by atoms with van der Waals surface area (Å²) in [6.07, 6.45) is 6.94. The lowest BCUT2D eigenvalue weighted by Gasteiger charge is -1.97. The van der Waals surface area contributed by atoms with E-state index in [0.717, 1.165) is 18.0 Å². The minimum absolute atomic E-state index is 0. The Balaban J connectivity index is 0.00000133. The van der Waals surface area contributed by atoms with Crippen LogP contribution in [0.15, 0.2) is 29.0 Å². The van der Waals surface area contributed by atoms with Crippen LogP contribution in [-0.2, 0) is 13.0 Å². The molecule has 0 spiro atoms. The highest BCUT2D eigenvalue weighted by atomic mass is 35.5. The molecule has 2 aromatic heterocycles. The van der Waals surface area contributed by atoms with Crippen molar-refractivity contribution in [2.45, 2.75) is 25.8 Å². The topological polar surface area (TPSA) is 63.8 Å². The zero-order chi connectivity index (χ0) is 12.2. The third-order valence-corrected chi connectivity index (χ3v) is 3.00. The number of aromatic nitrogens is 3. The SMILES string of the molecule is Cl.c1cncc(Cc2noc(CNCC3CC3)n2)c1. The Kier molecular flexibility index (Phi) is 4.87. The number of hydrogen-bond donors (Lipinski definition) is 1. The van der Waals surface area contributed by atoms with Crippen molar-refractivity contribution in [3.63, 3.8) is 0 Å². The van der Waals surface area contributed by atoms with Crippen molar-refractivity contribution in [3.8, 4) is 0 Å². The second-order valence-corrected chi connectivity index (χ2v) is 4.72. The fourth-order valence-corrected chi connectivity index (χ4v) is 1.82. The molecule has 2 aromatic rings. The van der Waals surface area contributed by atoms with Gasteiger partial charge in [-0.05, 0) is 36.9 Å². The number of nitrogens with one attached hydrogen (secondary N) is 1. The molecule has 1 N–H and O–H groups in total. The van der Waals surface area contributed by atoms with Gasteiger partial charge in [-0.2, -0.15) is 4.98 Å². The molecule has 1 aliphatic rings. The Morgan fingerprint density at radius 3 is 3.00 bits per heavy atom. The fourth-order valence-electron chi connectivity index (χ4n) is 1.82. The molecule has 19 heavy (non-hydrogen) atoms. The van der Waals surface area contributed by atoms with Crippen LogP contribution in [0.25, 0.3) is 0 Å². The van der Waals surface area contributed by atoms with Crippen LogP contribution in [0, 0.1) is 5.92 Å². The van der Waals surface area contributed by atoms with Gasteiger partial charge in [-0.15, -0.1) is 12.4 Å². The lowest BCUT2D eigenvalue weighted by molar-refractivity contribution is 0.362. The molecule has 5 nitrogen and oxygen atoms in total. The van der Waals surface area contributed by atoms with Gasteiger partial charge in [-0.3, -0.25) is 4.98 Å². The summed E-state index contributed by atoms with van der Waals surface area (Å²) in [5, 5.41) is 7.30. The highest BCUT2D eigenvalue weighted by molar-refractivity contribution is 5.85. The van der Waals surface area contributed by atoms with Gasteiger partial charge in [0.1, 0.15) is 0 Å². The number of pyridine rings is 1. The maximum atomic E-state index is 5.20. The third-order valence-electron chi connectivity index (χ3n) is 3.00. The van der Waals surface area contributed by atoms with Crippen molar-refractivity contribution in [2.24, 2.45) is 5.92 Å². The van der Waals surface area contributed by atoms with E-state index in [2.05, 4.69) is 20.4 Å². The predicted molar refractivity (Wildman–Crippen MR) is 73.0 cm³/mol. The molecule has 1 aliphatic carbocycles. The van der Waals surface area contributed by atoms with Gasteiger partial charge >= 0.3 is 0 Å². The van der Waals surface area contributed by atoms with Crippen LogP contribution in [-0.4, -0.2) is 21.7 Å². The van der Waals surface area contributed by atoms with Crippen LogP contribution in [0.3, 0.4) is 0 Å². The Morgan fingerprint density at radius 2 is 2.26 bits per heavy atom. The van der Waals surface area contributed by atoms with E-state index >= 15 is 0 Å². The molecule has 0 radical (unpaired) electrons. The molecule has 3 rings (SSSR count). The fraction of sp³-hybridized carbons (Fsp3) is 0.462. The van der Waals surface area contributed by atoms with Gasteiger partial charge in [0.25, 0.3) is 0 Å². The first-order chi connectivity index (χ1) is 8.90. The van der Waals surface area contributed by atoms with Crippen molar-refractivity contribution in [3.05, 3.63) is 41.8 Å². The van der Waals surface area contributed by atoms with E-state index in [1.54, 1.807) is 6.20 Å². The number of halogens is 1. The normalized spacial score (nSPS) is 14.1. The molecule has 0 unspecified atom stereocenters. The summed E-state index contributed by atoms with van der Waals surface area (Å²) < 4.78 is 5.20. The molecule has 0 aliphatic heterocycles. The Bertz CT molecular complexity index is 498. The van der Waals surface area contributed by atoms with Crippen LogP contribution in [0.2, 0.25) is 0 Å². The van der Waals surface area contributed by atoms with Gasteiger partial charge in [0.05, 0.1) is 6.54 Å². The molecule has 0 atom stereocenters. The average Bonchev–Trinajstić information content (AvgIpc) is 3.11. The Labute approximate surface area is 118 Å². The molecule has 1 fully saturated rings. The van der Waals surface area contributed by atoms with Crippen molar-refractivity contribution >= 4 is 12.4 Å². The molecular weight excluding hydrogens is 264 g/mol. The van der Waals surface area contributed by atoms with Crippen LogP contribution in [0.4, 0.5) is 0 Å². The van der Waals surface area contributed by atoms with Crippen LogP contribution in [0.1, 0.15) is 30.1 Å². The van der Waals surface area contributed by atoms with Crippen molar-refractivity contribution in [1.82, 2.24) is 20.4 Å². The minimum atomic E-state index is 0. The standard InChI is InChI=1S/C13H16N4O.ClH/c1-2-11(8-14-5-1)6-12-16-13(18-17-12)9-15-7-10-3-4-10;/h1-2,5,8,10,15H,3-4,6-7,9H2;1H. The van der Waals surface area contributed by atoms with Gasteiger partial charge in [0, 0.05) is 18.8 Å². The predicted octanol–water partition coefficient (Wildman–Crippen LogP) is 1.98. The van der Waals surface area contributed by atoms with Gasteiger partial charge < -0.3 is 9.84 Å². The first-order valence-electron chi connectivity index (χ1n) is 6.31. The lowest BCUT2D eigenvalue weighted by Crippen LogP contribution is -2.16. The van der Waals surface area contributed by atoms with Crippen LogP contribution in [0.5, 0.6) is 0 Å². The molecule has 6 heteroatoms. The first kappa shape index (κ1) is 14.0. The van der Waals surface area contributed by atoms with Gasteiger partial charge in [0.15, 0.2) is 5.82 Å². The maximum Gasteiger partial charge on any atom is 0.240 e. The van der Waals surface area contributed by atoms with Crippen LogP contribution >= 0.6 is 12.4 Å². The highest BCUT2D eigenvalue weighted by Gasteiger charge is 2.20. The molecule has 0 saturated heterocycles. The van der Waals surface area contributed by atoms with Crippen molar-refractivity contribution < 1.29 is 4.52 Å². The summed E-state index contributed by atoms with van der Waals surface area (Å²) in [5.41, 5.74) is 1.09. The third kappa shape index (κ3) is 4.29. The zero-order valence-corrected chi connectivity index (χ0v) is 11.4. The quantitative estimate of drug-likeness (QED) is 0.876. The molecule has 2 heterocycles. The summed E-state index contributed by atoms with van der Waals surface area (Å²) in [6.45, 7) is 1.72. The van der Waals surface area contributed by atoms with E-state index in [-0.39, 0.29) is 12.4 Å². The first-order valence-corrected chi connectivity index (χ1v) is 6.31. The summed E-state index contributed by atoms with van der Waals surface area (Å²) in [5.74, 6) is 2.24. The van der Waals surface area contributed by atoms with Gasteiger partial charge in [-0.25, -0.2) is 0 Å². The summed E-state index contributed by atoms with van der Waals surface area (Å²) in [6, 6.07) is 3.92. The number of rotatable bonds is 6. The van der Waals surface area contributed by atoms with E-state index in [1.807, 2.05) is 18.3 Å². The number of nitrogens with zero attached hydrogens (tertiary/aromatic N) is 3. The van der Waals surface area contributed by atoms with Crippen molar-refractivity contribution in [1.29, 1.82) is 0 Å². The van der Waals surface area contributed by atoms with Gasteiger partial charge in [0.2, 0.25) is 5.89 Å². The minimum Gasteiger partial charge on any atom is -0.338 e. The maximum absolute atomic E-state index is 5.20. The zero-order valence-electron chi connectivity index (χ0n) is 10.6. The summed E-state index contributed by atoms with van der Waals surface area (Å²) in [4.78, 5) is 8.42. The largest absolute Gasteiger partial charge is 0.338 e. The van der Waals surface area contributed by atoms with Gasteiger partial charge in [-0.1, -0.05) is 11.2 Å². The number of hydrogen-bond acceptors (Lipinski definition) is 5. The van der Waals surface area contributed by atoms with E-state index in [0.29, 0.717) is 24.7 Å². The monoisotopic (exact) mass is 280 g/mol. The second-order valence-electron chi connectivity index (χ2n) is 4.72. The Hall–Kier alpha value is -1.46. The van der Waals surface area contributed by atoms with E-state index in [4.69, 9.17) is 4.52 Å². The lowest BCUT2D eigenvalue weighted by atomic mass is 10.2. The molecule has 102 valence electrons. The summed E-state index contributed by atoms with van der Waals surface area (Å²) >= 11 is 0. The van der Waals surface area contributed by atoms with E-state index in [9.17, 15) is 0 Å². The second kappa shape index (κ2) is 6.63. The van der Waals surface area contributed by atoms with E-state index < -0.39 is 0 Å². The highest BCUT2D eigenvalue weighted by Crippen LogP contribution is 2.27. The molecule has 0 amide bonds. The molecule has 0 bridgehead atoms. The average molecular weight is 281 g/mol. The Morgan fingerprint density at radius 1 is 1.37 bits per heavy atom. The molecular formula is C13H17ClN4O. The summed E-state index contributed by atoms with van der Waals surface area (Å²) in [7, 11) is 0. The smallest absolute Gasteiger partial charge is 0.240 e. The molecule has 0 aromatic carbocycles.